The SMILES string of the molecule is CCN(CC)S(=O)(=O)c1ccc(C(C)NC(=O)c2ccc(Cl)cc2[N+](=O)[O-])cc1. The maximum Gasteiger partial charge on any atom is 0.283 e. The van der Waals surface area contributed by atoms with Crippen molar-refractivity contribution in [2.45, 2.75) is 31.7 Å². The third-order valence-corrected chi connectivity index (χ3v) is 6.77. The third kappa shape index (κ3) is 5.11. The van der Waals surface area contributed by atoms with Gasteiger partial charge in [0.05, 0.1) is 15.9 Å². The number of amides is 1. The van der Waals surface area contributed by atoms with Gasteiger partial charge in [-0.3, -0.25) is 14.9 Å². The van der Waals surface area contributed by atoms with Gasteiger partial charge in [0, 0.05) is 24.2 Å². The summed E-state index contributed by atoms with van der Waals surface area (Å²) < 4.78 is 26.5. The van der Waals surface area contributed by atoms with Crippen molar-refractivity contribution in [1.82, 2.24) is 9.62 Å². The van der Waals surface area contributed by atoms with Crippen LogP contribution < -0.4 is 5.32 Å². The average Bonchev–Trinajstić information content (AvgIpc) is 2.68. The van der Waals surface area contributed by atoms with Crippen LogP contribution in [-0.2, 0) is 10.0 Å². The van der Waals surface area contributed by atoms with E-state index < -0.39 is 26.9 Å². The third-order valence-electron chi connectivity index (χ3n) is 4.47. The number of nitrogens with zero attached hydrogens (tertiary/aromatic N) is 2. The van der Waals surface area contributed by atoms with E-state index in [-0.39, 0.29) is 21.2 Å². The van der Waals surface area contributed by atoms with Crippen molar-refractivity contribution in [1.29, 1.82) is 0 Å². The zero-order valence-electron chi connectivity index (χ0n) is 16.3. The Morgan fingerprint density at radius 1 is 1.17 bits per heavy atom. The van der Waals surface area contributed by atoms with Crippen LogP contribution in [0.5, 0.6) is 0 Å². The highest BCUT2D eigenvalue weighted by Crippen LogP contribution is 2.25. The number of halogens is 1. The van der Waals surface area contributed by atoms with E-state index in [2.05, 4.69) is 5.32 Å². The Labute approximate surface area is 174 Å². The Morgan fingerprint density at radius 2 is 1.76 bits per heavy atom. The van der Waals surface area contributed by atoms with Crippen LogP contribution in [0.15, 0.2) is 47.4 Å². The standard InChI is InChI=1S/C19H22ClN3O5S/c1-4-22(5-2)29(27,28)16-9-6-14(7-10-16)13(3)21-19(24)17-11-8-15(20)12-18(17)23(25)26/h6-13H,4-5H2,1-3H3,(H,21,24). The fraction of sp³-hybridized carbons (Fsp3) is 0.316. The van der Waals surface area contributed by atoms with Crippen LogP contribution in [0.25, 0.3) is 0 Å². The molecule has 0 heterocycles. The van der Waals surface area contributed by atoms with E-state index in [9.17, 15) is 23.3 Å². The van der Waals surface area contributed by atoms with Crippen molar-refractivity contribution < 1.29 is 18.1 Å². The first kappa shape index (κ1) is 22.8. The molecule has 8 nitrogen and oxygen atoms in total. The highest BCUT2D eigenvalue weighted by Gasteiger charge is 2.24. The Balaban J connectivity index is 2.21. The number of nitro benzene ring substituents is 1. The van der Waals surface area contributed by atoms with Gasteiger partial charge in [-0.15, -0.1) is 0 Å². The molecule has 0 spiro atoms. The fourth-order valence-electron chi connectivity index (χ4n) is 2.85. The van der Waals surface area contributed by atoms with E-state index in [1.807, 2.05) is 0 Å². The van der Waals surface area contributed by atoms with Crippen LogP contribution in [0.1, 0.15) is 42.7 Å². The van der Waals surface area contributed by atoms with Gasteiger partial charge < -0.3 is 5.32 Å². The van der Waals surface area contributed by atoms with Gasteiger partial charge in [0.25, 0.3) is 11.6 Å². The molecule has 156 valence electrons. The molecule has 0 saturated carbocycles. The number of nitro groups is 1. The normalized spacial score (nSPS) is 12.6. The van der Waals surface area contributed by atoms with E-state index in [0.29, 0.717) is 18.7 Å². The molecule has 10 heteroatoms. The Kier molecular flexibility index (Phi) is 7.34. The second kappa shape index (κ2) is 9.34. The van der Waals surface area contributed by atoms with Crippen molar-refractivity contribution in [2.75, 3.05) is 13.1 Å². The molecule has 0 fully saturated rings. The summed E-state index contributed by atoms with van der Waals surface area (Å²) in [4.78, 5) is 23.2. The van der Waals surface area contributed by atoms with E-state index in [1.54, 1.807) is 32.9 Å². The first-order valence-corrected chi connectivity index (χ1v) is 10.8. The largest absolute Gasteiger partial charge is 0.345 e. The lowest BCUT2D eigenvalue weighted by Gasteiger charge is -2.19. The van der Waals surface area contributed by atoms with E-state index in [4.69, 9.17) is 11.6 Å². The summed E-state index contributed by atoms with van der Waals surface area (Å²) in [6.45, 7) is 5.97. The minimum absolute atomic E-state index is 0.105. The van der Waals surface area contributed by atoms with Crippen LogP contribution in [0.3, 0.4) is 0 Å². The molecule has 0 aliphatic rings. The van der Waals surface area contributed by atoms with Gasteiger partial charge in [-0.05, 0) is 36.8 Å². The van der Waals surface area contributed by atoms with Crippen LogP contribution in [0.2, 0.25) is 5.02 Å². The molecule has 2 rings (SSSR count). The summed E-state index contributed by atoms with van der Waals surface area (Å²) in [5, 5.41) is 14.0. The minimum Gasteiger partial charge on any atom is -0.345 e. The Bertz CT molecular complexity index is 1010. The van der Waals surface area contributed by atoms with Crippen molar-refractivity contribution in [2.24, 2.45) is 0 Å². The second-order valence-electron chi connectivity index (χ2n) is 6.27. The molecule has 1 unspecified atom stereocenters. The highest BCUT2D eigenvalue weighted by atomic mass is 35.5. The summed E-state index contributed by atoms with van der Waals surface area (Å²) in [6.07, 6.45) is 0. The minimum atomic E-state index is -3.57. The number of rotatable bonds is 8. The molecule has 2 aromatic rings. The van der Waals surface area contributed by atoms with Crippen molar-refractivity contribution in [3.8, 4) is 0 Å². The summed E-state index contributed by atoms with van der Waals surface area (Å²) >= 11 is 5.77. The lowest BCUT2D eigenvalue weighted by atomic mass is 10.1. The zero-order chi connectivity index (χ0) is 21.8. The number of nitrogens with one attached hydrogen (secondary N) is 1. The number of carbonyl (C=O) groups is 1. The van der Waals surface area contributed by atoms with E-state index in [1.165, 1.54) is 28.6 Å². The summed E-state index contributed by atoms with van der Waals surface area (Å²) in [5.74, 6) is -0.624. The number of hydrogen-bond donors (Lipinski definition) is 1. The number of benzene rings is 2. The lowest BCUT2D eigenvalue weighted by Crippen LogP contribution is -2.30. The van der Waals surface area contributed by atoms with Gasteiger partial charge in [0.2, 0.25) is 10.0 Å². The molecule has 0 aliphatic carbocycles. The first-order chi connectivity index (χ1) is 13.6. The van der Waals surface area contributed by atoms with Crippen LogP contribution in [0, 0.1) is 10.1 Å². The van der Waals surface area contributed by atoms with Gasteiger partial charge in [-0.1, -0.05) is 37.6 Å². The quantitative estimate of drug-likeness (QED) is 0.497. The highest BCUT2D eigenvalue weighted by molar-refractivity contribution is 7.89. The van der Waals surface area contributed by atoms with Crippen LogP contribution in [-0.4, -0.2) is 36.6 Å². The summed E-state index contributed by atoms with van der Waals surface area (Å²) in [7, 11) is -3.57. The predicted molar refractivity (Wildman–Crippen MR) is 111 cm³/mol. The monoisotopic (exact) mass is 439 g/mol. The average molecular weight is 440 g/mol. The fourth-order valence-corrected chi connectivity index (χ4v) is 4.47. The molecule has 1 N–H and O–H groups in total. The van der Waals surface area contributed by atoms with Crippen molar-refractivity contribution in [3.05, 3.63) is 68.7 Å². The molecular formula is C19H22ClN3O5S. The van der Waals surface area contributed by atoms with Gasteiger partial charge in [0.1, 0.15) is 5.56 Å². The van der Waals surface area contributed by atoms with Gasteiger partial charge >= 0.3 is 0 Å². The molecule has 2 aromatic carbocycles. The maximum absolute atomic E-state index is 12.5. The summed E-state index contributed by atoms with van der Waals surface area (Å²) in [6, 6.07) is 9.50. The first-order valence-electron chi connectivity index (χ1n) is 8.96. The molecule has 0 aliphatic heterocycles. The Hall–Kier alpha value is -2.49. The topological polar surface area (TPSA) is 110 Å². The van der Waals surface area contributed by atoms with Crippen molar-refractivity contribution >= 4 is 33.2 Å². The second-order valence-corrected chi connectivity index (χ2v) is 8.65. The van der Waals surface area contributed by atoms with Crippen LogP contribution in [0.4, 0.5) is 5.69 Å². The number of carbonyl (C=O) groups excluding carboxylic acids is 1. The molecule has 0 aromatic heterocycles. The summed E-state index contributed by atoms with van der Waals surface area (Å²) in [5.41, 5.74) is 0.170. The lowest BCUT2D eigenvalue weighted by molar-refractivity contribution is -0.385. The zero-order valence-corrected chi connectivity index (χ0v) is 17.8. The van der Waals surface area contributed by atoms with E-state index in [0.717, 1.165) is 6.07 Å². The van der Waals surface area contributed by atoms with Gasteiger partial charge in [-0.2, -0.15) is 4.31 Å². The van der Waals surface area contributed by atoms with Gasteiger partial charge in [-0.25, -0.2) is 8.42 Å². The van der Waals surface area contributed by atoms with Crippen LogP contribution >= 0.6 is 11.6 Å². The molecule has 1 atom stereocenters. The molecule has 0 radical (unpaired) electrons. The smallest absolute Gasteiger partial charge is 0.283 e. The molecule has 0 saturated heterocycles. The van der Waals surface area contributed by atoms with E-state index >= 15 is 0 Å². The molecule has 1 amide bonds. The molecule has 29 heavy (non-hydrogen) atoms. The number of hydrogen-bond acceptors (Lipinski definition) is 5. The molecule has 0 bridgehead atoms. The predicted octanol–water partition coefficient (Wildman–Crippen LogP) is 3.77. The van der Waals surface area contributed by atoms with Gasteiger partial charge in [0.15, 0.2) is 0 Å². The maximum atomic E-state index is 12.5. The number of sulfonamides is 1. The molecular weight excluding hydrogens is 418 g/mol. The van der Waals surface area contributed by atoms with Crippen molar-refractivity contribution in [3.63, 3.8) is 0 Å². The Morgan fingerprint density at radius 3 is 2.28 bits per heavy atom.